The summed E-state index contributed by atoms with van der Waals surface area (Å²) in [7, 11) is 0. The van der Waals surface area contributed by atoms with Gasteiger partial charge in [0.15, 0.2) is 6.17 Å². The number of hydrogen-bond acceptors (Lipinski definition) is 4. The van der Waals surface area contributed by atoms with Crippen LogP contribution < -0.4 is 10.6 Å². The Morgan fingerprint density at radius 1 is 1.15 bits per heavy atom. The molecule has 2 atom stereocenters. The van der Waals surface area contributed by atoms with Crippen molar-refractivity contribution in [2.24, 2.45) is 5.92 Å². The first kappa shape index (κ1) is 16.9. The Balaban J connectivity index is 1.44. The van der Waals surface area contributed by atoms with Crippen molar-refractivity contribution in [3.8, 4) is 11.3 Å². The number of nitrogens with one attached hydrogen (secondary N) is 2. The Morgan fingerprint density at radius 3 is 2.78 bits per heavy atom. The second-order valence-electron chi connectivity index (χ2n) is 7.32. The Hall–Kier alpha value is -2.24. The quantitative estimate of drug-likeness (QED) is 0.587. The van der Waals surface area contributed by atoms with Crippen LogP contribution in [-0.4, -0.2) is 5.91 Å². The van der Waals surface area contributed by atoms with Gasteiger partial charge < -0.3 is 15.1 Å². The molecule has 138 valence electrons. The summed E-state index contributed by atoms with van der Waals surface area (Å²) in [6.07, 6.45) is 2.84. The van der Waals surface area contributed by atoms with Gasteiger partial charge in [0.2, 0.25) is 0 Å². The van der Waals surface area contributed by atoms with E-state index in [0.717, 1.165) is 41.2 Å². The molecule has 27 heavy (non-hydrogen) atoms. The van der Waals surface area contributed by atoms with E-state index in [1.807, 2.05) is 36.4 Å². The normalized spacial score (nSPS) is 21.2. The van der Waals surface area contributed by atoms with Crippen molar-refractivity contribution < 1.29 is 9.21 Å². The van der Waals surface area contributed by atoms with Gasteiger partial charge in [0.25, 0.3) is 5.91 Å². The molecular weight excluding hydrogens is 380 g/mol. The third-order valence-corrected chi connectivity index (χ3v) is 6.77. The van der Waals surface area contributed by atoms with Crippen LogP contribution in [0.25, 0.3) is 11.3 Å². The molecule has 2 unspecified atom stereocenters. The van der Waals surface area contributed by atoms with Crippen molar-refractivity contribution in [3.05, 3.63) is 63.2 Å². The highest BCUT2D eigenvalue weighted by atomic mass is 35.5. The number of furan rings is 1. The van der Waals surface area contributed by atoms with Crippen LogP contribution in [0.3, 0.4) is 0 Å². The van der Waals surface area contributed by atoms with Gasteiger partial charge in [-0.3, -0.25) is 4.79 Å². The van der Waals surface area contributed by atoms with E-state index in [4.69, 9.17) is 16.0 Å². The van der Waals surface area contributed by atoms with Crippen molar-refractivity contribution in [3.63, 3.8) is 0 Å². The summed E-state index contributed by atoms with van der Waals surface area (Å²) < 4.78 is 6.02. The molecular formula is C21H19ClN2O2S. The molecule has 0 radical (unpaired) electrons. The molecule has 4 nitrogen and oxygen atoms in total. The molecule has 1 amide bonds. The number of fused-ring (bicyclic) bond motifs is 3. The van der Waals surface area contributed by atoms with E-state index in [1.54, 1.807) is 11.3 Å². The van der Waals surface area contributed by atoms with Gasteiger partial charge in [-0.1, -0.05) is 18.5 Å². The number of rotatable bonds is 2. The highest BCUT2D eigenvalue weighted by Crippen LogP contribution is 2.42. The lowest BCUT2D eigenvalue weighted by atomic mass is 9.88. The fourth-order valence-electron chi connectivity index (χ4n) is 3.88. The number of benzene rings is 1. The molecule has 1 aromatic carbocycles. The van der Waals surface area contributed by atoms with E-state index >= 15 is 0 Å². The maximum atomic E-state index is 12.8. The lowest BCUT2D eigenvalue weighted by Crippen LogP contribution is -2.38. The third kappa shape index (κ3) is 2.95. The minimum Gasteiger partial charge on any atom is -0.457 e. The third-order valence-electron chi connectivity index (χ3n) is 5.33. The van der Waals surface area contributed by atoms with Gasteiger partial charge in [-0.15, -0.1) is 11.3 Å². The molecule has 0 saturated carbocycles. The van der Waals surface area contributed by atoms with E-state index in [2.05, 4.69) is 17.6 Å². The molecule has 1 aliphatic carbocycles. The first-order valence-electron chi connectivity index (χ1n) is 9.16. The van der Waals surface area contributed by atoms with Crippen LogP contribution in [0.1, 0.15) is 46.1 Å². The Labute approximate surface area is 166 Å². The summed E-state index contributed by atoms with van der Waals surface area (Å²) in [5.41, 5.74) is 3.02. The summed E-state index contributed by atoms with van der Waals surface area (Å²) in [5, 5.41) is 8.17. The van der Waals surface area contributed by atoms with E-state index in [-0.39, 0.29) is 12.1 Å². The number of anilines is 1. The number of carbonyl (C=O) groups is 1. The van der Waals surface area contributed by atoms with Gasteiger partial charge in [-0.05, 0) is 67.1 Å². The number of hydrogen-bond donors (Lipinski definition) is 2. The first-order valence-corrected chi connectivity index (χ1v) is 10.4. The van der Waals surface area contributed by atoms with Crippen LogP contribution in [0.4, 0.5) is 5.00 Å². The van der Waals surface area contributed by atoms with Crippen LogP contribution in [0, 0.1) is 5.92 Å². The summed E-state index contributed by atoms with van der Waals surface area (Å²) in [5.74, 6) is 2.12. The first-order chi connectivity index (χ1) is 13.1. The summed E-state index contributed by atoms with van der Waals surface area (Å²) in [4.78, 5) is 14.1. The average molecular weight is 399 g/mol. The zero-order chi connectivity index (χ0) is 18.5. The predicted molar refractivity (Wildman–Crippen MR) is 108 cm³/mol. The minimum atomic E-state index is -0.358. The van der Waals surface area contributed by atoms with E-state index in [0.29, 0.717) is 16.7 Å². The number of halogens is 1. The second kappa shape index (κ2) is 6.43. The fraction of sp³-hybridized carbons (Fsp3) is 0.286. The Kier molecular flexibility index (Phi) is 4.02. The summed E-state index contributed by atoms with van der Waals surface area (Å²) in [6, 6.07) is 11.3. The molecule has 2 aliphatic rings. The van der Waals surface area contributed by atoms with Crippen molar-refractivity contribution in [1.29, 1.82) is 0 Å². The van der Waals surface area contributed by atoms with Gasteiger partial charge in [0.05, 0.1) is 5.56 Å². The second-order valence-corrected chi connectivity index (χ2v) is 8.86. The molecule has 3 aromatic rings. The molecule has 3 heterocycles. The van der Waals surface area contributed by atoms with Crippen molar-refractivity contribution in [1.82, 2.24) is 5.32 Å². The molecule has 1 aliphatic heterocycles. The zero-order valence-corrected chi connectivity index (χ0v) is 16.4. The number of amides is 1. The van der Waals surface area contributed by atoms with Crippen LogP contribution in [0.5, 0.6) is 0 Å². The average Bonchev–Trinajstić information content (AvgIpc) is 3.26. The SMILES string of the molecule is CC1CCc2c(sc3c2C(=O)NC(c2ccc(-c4ccc(Cl)cc4)o2)N3)C1. The minimum absolute atomic E-state index is 0.00903. The molecule has 0 saturated heterocycles. The van der Waals surface area contributed by atoms with E-state index in [9.17, 15) is 4.79 Å². The highest BCUT2D eigenvalue weighted by molar-refractivity contribution is 7.16. The van der Waals surface area contributed by atoms with Crippen LogP contribution >= 0.6 is 22.9 Å². The summed E-state index contributed by atoms with van der Waals surface area (Å²) in [6.45, 7) is 2.28. The number of thiophene rings is 1. The molecule has 5 rings (SSSR count). The Bertz CT molecular complexity index is 1020. The van der Waals surface area contributed by atoms with E-state index < -0.39 is 0 Å². The lowest BCUT2D eigenvalue weighted by molar-refractivity contribution is 0.0930. The summed E-state index contributed by atoms with van der Waals surface area (Å²) >= 11 is 7.68. The van der Waals surface area contributed by atoms with E-state index in [1.165, 1.54) is 10.4 Å². The van der Waals surface area contributed by atoms with Crippen LogP contribution in [0.15, 0.2) is 40.8 Å². The molecule has 2 N–H and O–H groups in total. The topological polar surface area (TPSA) is 54.3 Å². The van der Waals surface area contributed by atoms with Gasteiger partial charge in [0, 0.05) is 15.5 Å². The number of carbonyl (C=O) groups excluding carboxylic acids is 1. The molecule has 0 bridgehead atoms. The van der Waals surface area contributed by atoms with Crippen molar-refractivity contribution in [2.75, 3.05) is 5.32 Å². The molecule has 0 fully saturated rings. The largest absolute Gasteiger partial charge is 0.457 e. The van der Waals surface area contributed by atoms with Crippen LogP contribution in [-0.2, 0) is 12.8 Å². The van der Waals surface area contributed by atoms with Crippen LogP contribution in [0.2, 0.25) is 5.02 Å². The van der Waals surface area contributed by atoms with Gasteiger partial charge in [-0.2, -0.15) is 0 Å². The molecule has 0 spiro atoms. The maximum Gasteiger partial charge on any atom is 0.256 e. The lowest BCUT2D eigenvalue weighted by Gasteiger charge is -2.25. The van der Waals surface area contributed by atoms with Gasteiger partial charge >= 0.3 is 0 Å². The highest BCUT2D eigenvalue weighted by Gasteiger charge is 2.34. The zero-order valence-electron chi connectivity index (χ0n) is 14.8. The Morgan fingerprint density at radius 2 is 1.96 bits per heavy atom. The van der Waals surface area contributed by atoms with Crippen molar-refractivity contribution in [2.45, 2.75) is 32.4 Å². The van der Waals surface area contributed by atoms with Crippen molar-refractivity contribution >= 4 is 33.8 Å². The van der Waals surface area contributed by atoms with Gasteiger partial charge in [-0.25, -0.2) is 0 Å². The standard InChI is InChI=1S/C21H19ClN2O2S/c1-11-2-7-14-17(10-11)27-21-18(14)20(25)23-19(24-21)16-9-8-15(26-16)12-3-5-13(22)6-4-12/h3-6,8-9,11,19,24H,2,7,10H2,1H3,(H,23,25). The maximum absolute atomic E-state index is 12.8. The monoisotopic (exact) mass is 398 g/mol. The predicted octanol–water partition coefficient (Wildman–Crippen LogP) is 5.64. The smallest absolute Gasteiger partial charge is 0.256 e. The van der Waals surface area contributed by atoms with Gasteiger partial charge in [0.1, 0.15) is 16.5 Å². The molecule has 6 heteroatoms. The molecule has 2 aromatic heterocycles. The fourth-order valence-corrected chi connectivity index (χ4v) is 5.44.